The van der Waals surface area contributed by atoms with Gasteiger partial charge in [-0.1, -0.05) is 30.1 Å². The van der Waals surface area contributed by atoms with Gasteiger partial charge in [0.05, 0.1) is 24.8 Å². The van der Waals surface area contributed by atoms with Crippen molar-refractivity contribution in [3.63, 3.8) is 0 Å². The van der Waals surface area contributed by atoms with Crippen molar-refractivity contribution in [1.82, 2.24) is 0 Å². The number of rotatable bonds is 6. The van der Waals surface area contributed by atoms with E-state index < -0.39 is 5.41 Å². The van der Waals surface area contributed by atoms with Gasteiger partial charge in [-0.15, -0.1) is 0 Å². The summed E-state index contributed by atoms with van der Waals surface area (Å²) in [5.74, 6) is 0. The standard InChI is InChI=1S/C8H4Cl2O2.C6H14O3/c9-7-1-5(3-11)8(10)6(2-7)4-12;1-2-6(3-7,4-8)5-9/h1-4H;7-9H,2-5H2,1H3. The molecule has 0 amide bonds. The van der Waals surface area contributed by atoms with Crippen LogP contribution in [0, 0.1) is 5.41 Å². The minimum absolute atomic E-state index is 0.143. The van der Waals surface area contributed by atoms with Crippen LogP contribution >= 0.6 is 23.2 Å². The average molecular weight is 337 g/mol. The SMILES string of the molecule is CCC(CO)(CO)CO.O=Cc1cc(Cl)cc(C=O)c1Cl. The summed E-state index contributed by atoms with van der Waals surface area (Å²) in [7, 11) is 0. The van der Waals surface area contributed by atoms with Crippen molar-refractivity contribution >= 4 is 35.8 Å². The quantitative estimate of drug-likeness (QED) is 0.690. The van der Waals surface area contributed by atoms with E-state index in [1.165, 1.54) is 12.1 Å². The van der Waals surface area contributed by atoms with Crippen LogP contribution in [0.25, 0.3) is 0 Å². The van der Waals surface area contributed by atoms with Gasteiger partial charge in [0.15, 0.2) is 12.6 Å². The summed E-state index contributed by atoms with van der Waals surface area (Å²) in [5.41, 5.74) is -0.211. The third-order valence-electron chi connectivity index (χ3n) is 3.10. The van der Waals surface area contributed by atoms with Crippen LogP contribution < -0.4 is 0 Å². The molecule has 0 aliphatic rings. The van der Waals surface area contributed by atoms with E-state index in [0.717, 1.165) is 0 Å². The number of hydrogen-bond donors (Lipinski definition) is 3. The molecule has 118 valence electrons. The van der Waals surface area contributed by atoms with Gasteiger partial charge in [-0.3, -0.25) is 9.59 Å². The molecule has 0 spiro atoms. The molecule has 1 rings (SSSR count). The van der Waals surface area contributed by atoms with Crippen LogP contribution in [0.2, 0.25) is 10.0 Å². The number of aliphatic hydroxyl groups excluding tert-OH is 3. The Balaban J connectivity index is 0.000000400. The maximum absolute atomic E-state index is 10.4. The first-order valence-electron chi connectivity index (χ1n) is 6.15. The Bertz CT molecular complexity index is 426. The molecule has 0 aliphatic carbocycles. The molecule has 3 N–H and O–H groups in total. The molecule has 0 unspecified atom stereocenters. The lowest BCUT2D eigenvalue weighted by atomic mass is 9.88. The predicted molar refractivity (Wildman–Crippen MR) is 81.2 cm³/mol. The molecule has 1 aromatic carbocycles. The largest absolute Gasteiger partial charge is 0.396 e. The minimum atomic E-state index is -0.667. The van der Waals surface area contributed by atoms with Gasteiger partial charge in [-0.2, -0.15) is 0 Å². The van der Waals surface area contributed by atoms with Crippen molar-refractivity contribution in [1.29, 1.82) is 0 Å². The first kappa shape index (κ1) is 20.0. The van der Waals surface area contributed by atoms with Gasteiger partial charge in [0.25, 0.3) is 0 Å². The summed E-state index contributed by atoms with van der Waals surface area (Å²) in [6.07, 6.45) is 1.71. The summed E-state index contributed by atoms with van der Waals surface area (Å²) in [6, 6.07) is 2.81. The van der Waals surface area contributed by atoms with E-state index in [1.807, 2.05) is 6.92 Å². The number of aldehydes is 2. The molecule has 0 atom stereocenters. The fourth-order valence-electron chi connectivity index (χ4n) is 1.29. The van der Waals surface area contributed by atoms with Crippen LogP contribution in [-0.2, 0) is 0 Å². The molecule has 7 heteroatoms. The van der Waals surface area contributed by atoms with E-state index >= 15 is 0 Å². The predicted octanol–water partition coefficient (Wildman–Crippen LogP) is 1.98. The lowest BCUT2D eigenvalue weighted by Crippen LogP contribution is -2.32. The Labute approximate surface area is 133 Å². The first-order chi connectivity index (χ1) is 9.93. The second-order valence-corrected chi connectivity index (χ2v) is 5.28. The van der Waals surface area contributed by atoms with E-state index in [2.05, 4.69) is 0 Å². The maximum atomic E-state index is 10.4. The highest BCUT2D eigenvalue weighted by molar-refractivity contribution is 6.37. The molecule has 0 saturated heterocycles. The molecular formula is C14H18Cl2O5. The van der Waals surface area contributed by atoms with Crippen LogP contribution in [0.3, 0.4) is 0 Å². The number of benzene rings is 1. The summed E-state index contributed by atoms with van der Waals surface area (Å²) in [6.45, 7) is 1.35. The molecule has 0 heterocycles. The normalized spacial score (nSPS) is 10.6. The van der Waals surface area contributed by atoms with Crippen molar-refractivity contribution in [2.24, 2.45) is 5.41 Å². The average Bonchev–Trinajstić information content (AvgIpc) is 2.52. The summed E-state index contributed by atoms with van der Waals surface area (Å²) < 4.78 is 0. The molecule has 21 heavy (non-hydrogen) atoms. The van der Waals surface area contributed by atoms with E-state index in [0.29, 0.717) is 24.0 Å². The van der Waals surface area contributed by atoms with Gasteiger partial charge < -0.3 is 15.3 Å². The van der Waals surface area contributed by atoms with E-state index in [9.17, 15) is 9.59 Å². The molecule has 0 aromatic heterocycles. The number of aliphatic hydroxyl groups is 3. The fraction of sp³-hybridized carbons (Fsp3) is 0.429. The lowest BCUT2D eigenvalue weighted by Gasteiger charge is -2.24. The molecule has 0 saturated carbocycles. The first-order valence-corrected chi connectivity index (χ1v) is 6.91. The highest BCUT2D eigenvalue weighted by atomic mass is 35.5. The summed E-state index contributed by atoms with van der Waals surface area (Å²) in [5, 5.41) is 26.4. The van der Waals surface area contributed by atoms with E-state index in [1.54, 1.807) is 0 Å². The molecular weight excluding hydrogens is 319 g/mol. The van der Waals surface area contributed by atoms with Crippen LogP contribution in [0.15, 0.2) is 12.1 Å². The van der Waals surface area contributed by atoms with E-state index in [4.69, 9.17) is 38.5 Å². The van der Waals surface area contributed by atoms with Gasteiger partial charge in [-0.25, -0.2) is 0 Å². The number of carbonyl (C=O) groups excluding carboxylic acids is 2. The molecule has 0 fully saturated rings. The van der Waals surface area contributed by atoms with Crippen LogP contribution in [0.1, 0.15) is 34.1 Å². The minimum Gasteiger partial charge on any atom is -0.396 e. The molecule has 0 aliphatic heterocycles. The van der Waals surface area contributed by atoms with Gasteiger partial charge in [-0.05, 0) is 18.6 Å². The van der Waals surface area contributed by atoms with E-state index in [-0.39, 0.29) is 36.0 Å². The monoisotopic (exact) mass is 336 g/mol. The van der Waals surface area contributed by atoms with Crippen molar-refractivity contribution in [2.75, 3.05) is 19.8 Å². The van der Waals surface area contributed by atoms with Gasteiger partial charge >= 0.3 is 0 Å². The second kappa shape index (κ2) is 9.87. The third kappa shape index (κ3) is 5.73. The Morgan fingerprint density at radius 3 is 1.57 bits per heavy atom. The highest BCUT2D eigenvalue weighted by Gasteiger charge is 2.24. The van der Waals surface area contributed by atoms with Crippen molar-refractivity contribution in [3.8, 4) is 0 Å². The zero-order chi connectivity index (χ0) is 16.5. The summed E-state index contributed by atoms with van der Waals surface area (Å²) in [4.78, 5) is 20.8. The highest BCUT2D eigenvalue weighted by Crippen LogP contribution is 2.23. The zero-order valence-electron chi connectivity index (χ0n) is 11.6. The Morgan fingerprint density at radius 1 is 1.00 bits per heavy atom. The van der Waals surface area contributed by atoms with Crippen molar-refractivity contribution < 1.29 is 24.9 Å². The fourth-order valence-corrected chi connectivity index (χ4v) is 1.72. The molecule has 1 aromatic rings. The van der Waals surface area contributed by atoms with Crippen LogP contribution in [0.5, 0.6) is 0 Å². The van der Waals surface area contributed by atoms with Crippen LogP contribution in [0.4, 0.5) is 0 Å². The second-order valence-electron chi connectivity index (χ2n) is 4.46. The van der Waals surface area contributed by atoms with Crippen LogP contribution in [-0.4, -0.2) is 47.7 Å². The number of carbonyl (C=O) groups is 2. The van der Waals surface area contributed by atoms with Gasteiger partial charge in [0.2, 0.25) is 0 Å². The Hall–Kier alpha value is -0.980. The molecule has 5 nitrogen and oxygen atoms in total. The van der Waals surface area contributed by atoms with Gasteiger partial charge in [0, 0.05) is 21.6 Å². The van der Waals surface area contributed by atoms with Crippen molar-refractivity contribution in [3.05, 3.63) is 33.3 Å². The number of hydrogen-bond acceptors (Lipinski definition) is 5. The molecule has 0 radical (unpaired) electrons. The smallest absolute Gasteiger partial charge is 0.151 e. The topological polar surface area (TPSA) is 94.8 Å². The van der Waals surface area contributed by atoms with Crippen molar-refractivity contribution in [2.45, 2.75) is 13.3 Å². The Kier molecular flexibility index (Phi) is 9.41. The Morgan fingerprint density at radius 2 is 1.38 bits per heavy atom. The van der Waals surface area contributed by atoms with Gasteiger partial charge in [0.1, 0.15) is 0 Å². The maximum Gasteiger partial charge on any atom is 0.151 e. The number of halogens is 2. The molecule has 0 bridgehead atoms. The lowest BCUT2D eigenvalue weighted by molar-refractivity contribution is 0.00304. The zero-order valence-corrected chi connectivity index (χ0v) is 13.1. The third-order valence-corrected chi connectivity index (χ3v) is 3.76. The summed E-state index contributed by atoms with van der Waals surface area (Å²) >= 11 is 11.3.